The van der Waals surface area contributed by atoms with E-state index < -0.39 is 0 Å². The molecule has 1 N–H and O–H groups in total. The van der Waals surface area contributed by atoms with Gasteiger partial charge >= 0.3 is 0 Å². The van der Waals surface area contributed by atoms with Gasteiger partial charge < -0.3 is 10.2 Å². The summed E-state index contributed by atoms with van der Waals surface area (Å²) in [6.45, 7) is 7.32. The third-order valence-corrected chi connectivity index (χ3v) is 4.68. The van der Waals surface area contributed by atoms with Crippen molar-refractivity contribution in [3.05, 3.63) is 10.9 Å². The van der Waals surface area contributed by atoms with Gasteiger partial charge in [0.1, 0.15) is 10.6 Å². The van der Waals surface area contributed by atoms with Crippen molar-refractivity contribution in [3.8, 4) is 0 Å². The van der Waals surface area contributed by atoms with Crippen LogP contribution < -0.4 is 10.2 Å². The molecular weight excluding hydrogens is 268 g/mol. The maximum absolute atomic E-state index is 4.78. The number of anilines is 2. The van der Waals surface area contributed by atoms with Crippen molar-refractivity contribution in [3.63, 3.8) is 0 Å². The van der Waals surface area contributed by atoms with Crippen molar-refractivity contribution in [2.24, 2.45) is 0 Å². The van der Waals surface area contributed by atoms with Crippen LogP contribution in [0.4, 0.5) is 11.8 Å². The van der Waals surface area contributed by atoms with Crippen molar-refractivity contribution in [1.82, 2.24) is 9.97 Å². The Morgan fingerprint density at radius 3 is 2.65 bits per heavy atom. The zero-order chi connectivity index (χ0) is 13.9. The number of thiophene rings is 1. The Balaban J connectivity index is 2.05. The molecule has 3 heterocycles. The van der Waals surface area contributed by atoms with Crippen LogP contribution in [-0.4, -0.2) is 29.6 Å². The third-order valence-electron chi connectivity index (χ3n) is 3.74. The molecule has 0 bridgehead atoms. The molecule has 0 saturated carbocycles. The fraction of sp³-hybridized carbons (Fsp3) is 0.600. The molecule has 4 nitrogen and oxygen atoms in total. The summed E-state index contributed by atoms with van der Waals surface area (Å²) < 4.78 is 0. The highest BCUT2D eigenvalue weighted by molar-refractivity contribution is 7.18. The molecular formula is C15H22N4S. The molecule has 108 valence electrons. The number of hydrogen-bond donors (Lipinski definition) is 1. The first-order chi connectivity index (χ1) is 9.78. The van der Waals surface area contributed by atoms with E-state index in [2.05, 4.69) is 35.1 Å². The summed E-state index contributed by atoms with van der Waals surface area (Å²) in [5.41, 5.74) is 0. The van der Waals surface area contributed by atoms with Crippen molar-refractivity contribution in [2.75, 3.05) is 29.9 Å². The number of fused-ring (bicyclic) bond motifs is 1. The Morgan fingerprint density at radius 2 is 1.95 bits per heavy atom. The summed E-state index contributed by atoms with van der Waals surface area (Å²) in [5.74, 6) is 1.89. The van der Waals surface area contributed by atoms with Crippen LogP contribution in [0, 0.1) is 6.92 Å². The molecule has 1 aliphatic heterocycles. The van der Waals surface area contributed by atoms with Crippen molar-refractivity contribution < 1.29 is 0 Å². The second kappa shape index (κ2) is 5.95. The Hall–Kier alpha value is -1.36. The number of hydrogen-bond acceptors (Lipinski definition) is 5. The summed E-state index contributed by atoms with van der Waals surface area (Å²) in [4.78, 5) is 14.3. The standard InChI is InChI=1S/C15H22N4S/c1-3-16-15-17-13(19-8-6-4-5-7-9-19)12-10-11(2)20-14(12)18-15/h10H,3-9H2,1-2H3,(H,16,17,18). The molecule has 0 atom stereocenters. The monoisotopic (exact) mass is 290 g/mol. The summed E-state index contributed by atoms with van der Waals surface area (Å²) in [6.07, 6.45) is 5.22. The van der Waals surface area contributed by atoms with Gasteiger partial charge in [0.25, 0.3) is 0 Å². The van der Waals surface area contributed by atoms with Crippen molar-refractivity contribution >= 4 is 33.3 Å². The van der Waals surface area contributed by atoms with E-state index in [1.807, 2.05) is 0 Å². The van der Waals surface area contributed by atoms with E-state index in [1.54, 1.807) is 11.3 Å². The van der Waals surface area contributed by atoms with E-state index in [1.165, 1.54) is 35.9 Å². The second-order valence-corrected chi connectivity index (χ2v) is 6.61. The molecule has 5 heteroatoms. The molecule has 0 radical (unpaired) electrons. The Kier molecular flexibility index (Phi) is 4.05. The molecule has 2 aromatic rings. The van der Waals surface area contributed by atoms with Crippen LogP contribution in [0.2, 0.25) is 0 Å². The lowest BCUT2D eigenvalue weighted by atomic mass is 10.2. The lowest BCUT2D eigenvalue weighted by Gasteiger charge is -2.22. The quantitative estimate of drug-likeness (QED) is 0.933. The molecule has 0 aromatic carbocycles. The van der Waals surface area contributed by atoms with Gasteiger partial charge in [-0.05, 0) is 32.8 Å². The molecule has 1 fully saturated rings. The van der Waals surface area contributed by atoms with Gasteiger partial charge in [0.15, 0.2) is 0 Å². The van der Waals surface area contributed by atoms with E-state index in [4.69, 9.17) is 4.98 Å². The van der Waals surface area contributed by atoms with Gasteiger partial charge in [-0.3, -0.25) is 0 Å². The Labute approximate surface area is 124 Å². The minimum atomic E-state index is 0.765. The molecule has 0 spiro atoms. The maximum atomic E-state index is 4.78. The summed E-state index contributed by atoms with van der Waals surface area (Å²) >= 11 is 1.76. The van der Waals surface area contributed by atoms with Crippen LogP contribution in [0.3, 0.4) is 0 Å². The van der Waals surface area contributed by atoms with Gasteiger partial charge in [0.2, 0.25) is 5.95 Å². The number of nitrogens with zero attached hydrogens (tertiary/aromatic N) is 3. The Bertz CT molecular complexity index is 585. The lowest BCUT2D eigenvalue weighted by Crippen LogP contribution is -2.25. The summed E-state index contributed by atoms with van der Waals surface area (Å²) in [5, 5.41) is 4.48. The van der Waals surface area contributed by atoms with Crippen LogP contribution >= 0.6 is 11.3 Å². The second-order valence-electron chi connectivity index (χ2n) is 5.38. The van der Waals surface area contributed by atoms with E-state index in [0.29, 0.717) is 0 Å². The van der Waals surface area contributed by atoms with Crippen molar-refractivity contribution in [2.45, 2.75) is 39.5 Å². The molecule has 3 rings (SSSR count). The lowest BCUT2D eigenvalue weighted by molar-refractivity contribution is 0.726. The number of rotatable bonds is 3. The van der Waals surface area contributed by atoms with Crippen LogP contribution in [0.5, 0.6) is 0 Å². The van der Waals surface area contributed by atoms with Gasteiger partial charge in [0, 0.05) is 24.5 Å². The minimum absolute atomic E-state index is 0.765. The number of aromatic nitrogens is 2. The summed E-state index contributed by atoms with van der Waals surface area (Å²) in [6, 6.07) is 2.23. The van der Waals surface area contributed by atoms with E-state index in [-0.39, 0.29) is 0 Å². The maximum Gasteiger partial charge on any atom is 0.226 e. The van der Waals surface area contributed by atoms with Crippen LogP contribution in [0.1, 0.15) is 37.5 Å². The molecule has 0 unspecified atom stereocenters. The fourth-order valence-corrected chi connectivity index (χ4v) is 3.66. The highest BCUT2D eigenvalue weighted by Crippen LogP contribution is 2.32. The van der Waals surface area contributed by atoms with E-state index >= 15 is 0 Å². The molecule has 0 amide bonds. The van der Waals surface area contributed by atoms with Gasteiger partial charge in [-0.15, -0.1) is 11.3 Å². The van der Waals surface area contributed by atoms with Gasteiger partial charge in [0.05, 0.1) is 5.39 Å². The van der Waals surface area contributed by atoms with Gasteiger partial charge in [-0.1, -0.05) is 12.8 Å². The molecule has 1 saturated heterocycles. The molecule has 20 heavy (non-hydrogen) atoms. The number of nitrogens with one attached hydrogen (secondary N) is 1. The largest absolute Gasteiger partial charge is 0.356 e. The average Bonchev–Trinajstić information content (AvgIpc) is 2.64. The minimum Gasteiger partial charge on any atom is -0.356 e. The van der Waals surface area contributed by atoms with E-state index in [9.17, 15) is 0 Å². The Morgan fingerprint density at radius 1 is 1.20 bits per heavy atom. The average molecular weight is 290 g/mol. The molecule has 0 aliphatic carbocycles. The molecule has 1 aliphatic rings. The topological polar surface area (TPSA) is 41.1 Å². The van der Waals surface area contributed by atoms with Gasteiger partial charge in [-0.2, -0.15) is 4.98 Å². The number of aryl methyl sites for hydroxylation is 1. The normalized spacial score (nSPS) is 16.4. The highest BCUT2D eigenvalue weighted by atomic mass is 32.1. The van der Waals surface area contributed by atoms with Crippen molar-refractivity contribution in [1.29, 1.82) is 0 Å². The van der Waals surface area contributed by atoms with Crippen LogP contribution in [0.15, 0.2) is 6.07 Å². The van der Waals surface area contributed by atoms with Crippen LogP contribution in [0.25, 0.3) is 10.2 Å². The van der Waals surface area contributed by atoms with E-state index in [0.717, 1.165) is 36.2 Å². The third kappa shape index (κ3) is 2.73. The first kappa shape index (κ1) is 13.6. The zero-order valence-corrected chi connectivity index (χ0v) is 13.1. The fourth-order valence-electron chi connectivity index (χ4n) is 2.79. The predicted molar refractivity (Wildman–Crippen MR) is 87.0 cm³/mol. The summed E-state index contributed by atoms with van der Waals surface area (Å²) in [7, 11) is 0. The van der Waals surface area contributed by atoms with Crippen LogP contribution in [-0.2, 0) is 0 Å². The first-order valence-electron chi connectivity index (χ1n) is 7.55. The highest BCUT2D eigenvalue weighted by Gasteiger charge is 2.17. The zero-order valence-electron chi connectivity index (χ0n) is 12.3. The first-order valence-corrected chi connectivity index (χ1v) is 8.36. The SMILES string of the molecule is CCNc1nc(N2CCCCCC2)c2cc(C)sc2n1. The molecule has 2 aromatic heterocycles. The predicted octanol–water partition coefficient (Wildman–Crippen LogP) is 3.81. The van der Waals surface area contributed by atoms with Gasteiger partial charge in [-0.25, -0.2) is 4.98 Å². The smallest absolute Gasteiger partial charge is 0.226 e.